The number of nitrogens with zero attached hydrogens (tertiary/aromatic N) is 3. The molecular weight excluding hydrogens is 317 g/mol. The molecule has 1 rings (SSSR count). The highest BCUT2D eigenvalue weighted by molar-refractivity contribution is 14.1. The van der Waals surface area contributed by atoms with Crippen LogP contribution in [0.25, 0.3) is 0 Å². The second kappa shape index (κ2) is 5.06. The van der Waals surface area contributed by atoms with Gasteiger partial charge in [-0.3, -0.25) is 0 Å². The summed E-state index contributed by atoms with van der Waals surface area (Å²) in [6.45, 7) is 0. The highest BCUT2D eigenvalue weighted by atomic mass is 127. The van der Waals surface area contributed by atoms with E-state index in [1.807, 2.05) is 19.0 Å². The molecule has 0 bridgehead atoms. The monoisotopic (exact) mass is 325 g/mol. The lowest BCUT2D eigenvalue weighted by atomic mass is 10.7. The van der Waals surface area contributed by atoms with E-state index in [9.17, 15) is 0 Å². The number of hydrogen-bond donors (Lipinski definition) is 0. The normalized spacial score (nSPS) is 9.77. The molecule has 3 nitrogen and oxygen atoms in total. The molecule has 6 heteroatoms. The van der Waals surface area contributed by atoms with E-state index in [1.54, 1.807) is 12.4 Å². The van der Waals surface area contributed by atoms with Crippen LogP contribution in [0, 0.1) is 3.57 Å². The van der Waals surface area contributed by atoms with Crippen LogP contribution in [0.3, 0.4) is 0 Å². The molecule has 0 aliphatic rings. The Morgan fingerprint density at radius 1 is 1.46 bits per heavy atom. The van der Waals surface area contributed by atoms with Crippen molar-refractivity contribution in [3.8, 4) is 0 Å². The molecule has 0 saturated carbocycles. The first-order valence-corrected chi connectivity index (χ1v) is 5.76. The van der Waals surface area contributed by atoms with Gasteiger partial charge in [0.25, 0.3) is 0 Å². The Labute approximate surface area is 100 Å². The Balaban J connectivity index is 2.65. The largest absolute Gasteiger partial charge is 0.363 e. The molecule has 0 unspecified atom stereocenters. The molecule has 1 heterocycles. The number of thiocarbonyl (C=S) groups is 1. The molecule has 0 atom stereocenters. The zero-order valence-corrected chi connectivity index (χ0v) is 11.0. The van der Waals surface area contributed by atoms with Crippen molar-refractivity contribution < 1.29 is 0 Å². The van der Waals surface area contributed by atoms with Gasteiger partial charge < -0.3 is 4.90 Å². The quantitative estimate of drug-likeness (QED) is 0.341. The summed E-state index contributed by atoms with van der Waals surface area (Å²) < 4.78 is 1.79. The van der Waals surface area contributed by atoms with E-state index in [-0.39, 0.29) is 0 Å². The first-order valence-electron chi connectivity index (χ1n) is 3.46. The fourth-order valence-electron chi connectivity index (χ4n) is 0.523. The van der Waals surface area contributed by atoms with Crippen LogP contribution in [0.5, 0.6) is 0 Å². The van der Waals surface area contributed by atoms with Crippen molar-refractivity contribution in [2.75, 3.05) is 14.1 Å². The number of halogens is 1. The van der Waals surface area contributed by atoms with Gasteiger partial charge in [-0.1, -0.05) is 12.2 Å². The minimum absolute atomic E-state index is 0.694. The average Bonchev–Trinajstić information content (AvgIpc) is 2.08. The van der Waals surface area contributed by atoms with Crippen molar-refractivity contribution in [1.29, 1.82) is 0 Å². The predicted octanol–water partition coefficient (Wildman–Crippen LogP) is 2.02. The summed E-state index contributed by atoms with van der Waals surface area (Å²) in [5.74, 6) is 0. The van der Waals surface area contributed by atoms with Crippen LogP contribution in [0.15, 0.2) is 17.6 Å². The van der Waals surface area contributed by atoms with Crippen molar-refractivity contribution in [2.24, 2.45) is 0 Å². The molecule has 0 saturated heterocycles. The summed E-state index contributed by atoms with van der Waals surface area (Å²) in [4.78, 5) is 10.1. The highest BCUT2D eigenvalue weighted by Crippen LogP contribution is 2.15. The van der Waals surface area contributed by atoms with Crippen LogP contribution in [0.1, 0.15) is 0 Å². The van der Waals surface area contributed by atoms with Gasteiger partial charge >= 0.3 is 0 Å². The molecule has 0 aromatic carbocycles. The Kier molecular flexibility index (Phi) is 4.33. The van der Waals surface area contributed by atoms with Crippen molar-refractivity contribution >= 4 is 50.9 Å². The molecule has 0 aliphatic carbocycles. The molecule has 0 radical (unpaired) electrons. The van der Waals surface area contributed by atoms with Gasteiger partial charge in [0.05, 0.1) is 0 Å². The number of thioether (sulfide) groups is 1. The lowest BCUT2D eigenvalue weighted by molar-refractivity contribution is 0.647. The summed E-state index contributed by atoms with van der Waals surface area (Å²) in [6.07, 6.45) is 3.54. The second-order valence-electron chi connectivity index (χ2n) is 2.45. The van der Waals surface area contributed by atoms with Gasteiger partial charge in [-0.05, 0) is 34.4 Å². The molecule has 0 aliphatic heterocycles. The van der Waals surface area contributed by atoms with Gasteiger partial charge in [-0.2, -0.15) is 0 Å². The van der Waals surface area contributed by atoms with Crippen LogP contribution in [0.4, 0.5) is 0 Å². The fourth-order valence-corrected chi connectivity index (χ4v) is 1.57. The van der Waals surface area contributed by atoms with Crippen molar-refractivity contribution in [3.05, 3.63) is 16.0 Å². The molecule has 1 aromatic rings. The average molecular weight is 325 g/mol. The van der Waals surface area contributed by atoms with Gasteiger partial charge in [0.2, 0.25) is 0 Å². The molecule has 0 amide bonds. The van der Waals surface area contributed by atoms with Crippen LogP contribution >= 0.6 is 46.6 Å². The summed E-state index contributed by atoms with van der Waals surface area (Å²) in [5, 5.41) is 0.694. The van der Waals surface area contributed by atoms with Gasteiger partial charge in [0.1, 0.15) is 4.32 Å². The Bertz CT molecular complexity index is 299. The lowest BCUT2D eigenvalue weighted by Gasteiger charge is -2.10. The van der Waals surface area contributed by atoms with Crippen molar-refractivity contribution in [2.45, 2.75) is 5.16 Å². The smallest absolute Gasteiger partial charge is 0.194 e. The standard InChI is InChI=1S/C7H8IN3S2/c1-11(2)7(12)13-6-9-3-5(8)4-10-6/h3-4H,1-2H3. The maximum atomic E-state index is 5.10. The van der Waals surface area contributed by atoms with Gasteiger partial charge in [0.15, 0.2) is 5.16 Å². The zero-order valence-electron chi connectivity index (χ0n) is 7.19. The van der Waals surface area contributed by atoms with Crippen molar-refractivity contribution in [1.82, 2.24) is 14.9 Å². The SMILES string of the molecule is CN(C)C(=S)Sc1ncc(I)cn1. The van der Waals surface area contributed by atoms with Crippen molar-refractivity contribution in [3.63, 3.8) is 0 Å². The number of aromatic nitrogens is 2. The lowest BCUT2D eigenvalue weighted by Crippen LogP contribution is -2.16. The Morgan fingerprint density at radius 2 is 2.00 bits per heavy atom. The van der Waals surface area contributed by atoms with Crippen LogP contribution < -0.4 is 0 Å². The minimum Gasteiger partial charge on any atom is -0.363 e. The van der Waals surface area contributed by atoms with E-state index in [0.29, 0.717) is 5.16 Å². The van der Waals surface area contributed by atoms with Gasteiger partial charge in [0, 0.05) is 30.1 Å². The second-order valence-corrected chi connectivity index (χ2v) is 5.29. The zero-order chi connectivity index (χ0) is 9.84. The van der Waals surface area contributed by atoms with E-state index in [2.05, 4.69) is 32.6 Å². The summed E-state index contributed by atoms with van der Waals surface area (Å²) in [7, 11) is 3.81. The fraction of sp³-hybridized carbons (Fsp3) is 0.286. The van der Waals surface area contributed by atoms with Crippen LogP contribution in [-0.2, 0) is 0 Å². The van der Waals surface area contributed by atoms with E-state index in [0.717, 1.165) is 7.89 Å². The molecular formula is C7H8IN3S2. The van der Waals surface area contributed by atoms with E-state index in [4.69, 9.17) is 12.2 Å². The molecule has 13 heavy (non-hydrogen) atoms. The van der Waals surface area contributed by atoms with Crippen LogP contribution in [0.2, 0.25) is 0 Å². The minimum atomic E-state index is 0.694. The van der Waals surface area contributed by atoms with Crippen LogP contribution in [-0.4, -0.2) is 33.3 Å². The molecule has 0 N–H and O–H groups in total. The third-order valence-electron chi connectivity index (χ3n) is 1.14. The number of hydrogen-bond acceptors (Lipinski definition) is 4. The maximum absolute atomic E-state index is 5.10. The van der Waals surface area contributed by atoms with Gasteiger partial charge in [-0.25, -0.2) is 9.97 Å². The first-order chi connectivity index (χ1) is 6.09. The summed E-state index contributed by atoms with van der Waals surface area (Å²) >= 11 is 8.66. The Morgan fingerprint density at radius 3 is 2.46 bits per heavy atom. The third kappa shape index (κ3) is 3.74. The first kappa shape index (κ1) is 11.1. The highest BCUT2D eigenvalue weighted by Gasteiger charge is 2.04. The van der Waals surface area contributed by atoms with E-state index < -0.39 is 0 Å². The molecule has 0 fully saturated rings. The predicted molar refractivity (Wildman–Crippen MR) is 66.9 cm³/mol. The summed E-state index contributed by atoms with van der Waals surface area (Å²) in [6, 6.07) is 0. The van der Waals surface area contributed by atoms with E-state index in [1.165, 1.54) is 11.8 Å². The van der Waals surface area contributed by atoms with Gasteiger partial charge in [-0.15, -0.1) is 0 Å². The third-order valence-corrected chi connectivity index (χ3v) is 3.25. The summed E-state index contributed by atoms with van der Waals surface area (Å²) in [5.41, 5.74) is 0. The number of rotatable bonds is 1. The molecule has 0 spiro atoms. The Hall–Kier alpha value is 0.0500. The maximum Gasteiger partial charge on any atom is 0.194 e. The van der Waals surface area contributed by atoms with E-state index >= 15 is 0 Å². The molecule has 70 valence electrons. The topological polar surface area (TPSA) is 29.0 Å². The molecule has 1 aromatic heterocycles.